The van der Waals surface area contributed by atoms with E-state index in [0.29, 0.717) is 10.6 Å². The van der Waals surface area contributed by atoms with E-state index in [0.717, 1.165) is 17.3 Å². The Morgan fingerprint density at radius 1 is 1.64 bits per heavy atom. The van der Waals surface area contributed by atoms with Gasteiger partial charge in [0.1, 0.15) is 10.3 Å². The number of benzene rings is 1. The van der Waals surface area contributed by atoms with Gasteiger partial charge in [-0.05, 0) is 30.3 Å². The summed E-state index contributed by atoms with van der Waals surface area (Å²) in [5.41, 5.74) is 6.49. The minimum Gasteiger partial charge on any atom is -0.398 e. The van der Waals surface area contributed by atoms with E-state index in [1.54, 1.807) is 18.4 Å². The molecule has 1 aromatic carbocycles. The first-order chi connectivity index (χ1) is 6.56. The number of nitrogen functional groups attached to an aromatic ring is 1. The van der Waals surface area contributed by atoms with Gasteiger partial charge in [-0.2, -0.15) is 5.26 Å². The van der Waals surface area contributed by atoms with Gasteiger partial charge in [0.2, 0.25) is 0 Å². The van der Waals surface area contributed by atoms with E-state index in [1.165, 1.54) is 6.07 Å². The van der Waals surface area contributed by atoms with Crippen molar-refractivity contribution < 1.29 is 4.92 Å². The van der Waals surface area contributed by atoms with Crippen molar-refractivity contribution >= 4 is 23.1 Å². The molecule has 0 fully saturated rings. The molecule has 0 aliphatic heterocycles. The molecule has 0 aliphatic carbocycles. The number of hydrogen-bond acceptors (Lipinski definition) is 5. The molecule has 0 amide bonds. The Morgan fingerprint density at radius 2 is 2.29 bits per heavy atom. The molecule has 0 aliphatic rings. The third-order valence-electron chi connectivity index (χ3n) is 1.70. The summed E-state index contributed by atoms with van der Waals surface area (Å²) in [5.74, 6) is 0. The third kappa shape index (κ3) is 1.95. The quantitative estimate of drug-likeness (QED) is 0.264. The number of nitrogens with two attached hydrogens (primary N) is 1. The number of anilines is 1. The summed E-state index contributed by atoms with van der Waals surface area (Å²) in [6.07, 6.45) is 0. The highest BCUT2D eigenvalue weighted by molar-refractivity contribution is 8.03. The number of thiocyanates is 1. The molecule has 0 saturated heterocycles. The van der Waals surface area contributed by atoms with E-state index in [-0.39, 0.29) is 5.69 Å². The maximum atomic E-state index is 10.6. The highest BCUT2D eigenvalue weighted by Crippen LogP contribution is 2.32. The lowest BCUT2D eigenvalue weighted by Crippen LogP contribution is -1.95. The Balaban J connectivity index is 3.32. The van der Waals surface area contributed by atoms with Gasteiger partial charge in [0.25, 0.3) is 5.69 Å². The lowest BCUT2D eigenvalue weighted by atomic mass is 10.2. The van der Waals surface area contributed by atoms with Crippen LogP contribution in [0.15, 0.2) is 17.0 Å². The number of nitro benzene ring substituents is 1. The zero-order valence-electron chi connectivity index (χ0n) is 7.35. The molecule has 6 heteroatoms. The van der Waals surface area contributed by atoms with Crippen LogP contribution in [0.25, 0.3) is 0 Å². The fraction of sp³-hybridized carbons (Fsp3) is 0.125. The van der Waals surface area contributed by atoms with Gasteiger partial charge >= 0.3 is 0 Å². The van der Waals surface area contributed by atoms with Crippen LogP contribution in [0.3, 0.4) is 0 Å². The fourth-order valence-electron chi connectivity index (χ4n) is 0.960. The highest BCUT2D eigenvalue weighted by Gasteiger charge is 2.15. The first-order valence-corrected chi connectivity index (χ1v) is 4.48. The Kier molecular flexibility index (Phi) is 2.94. The summed E-state index contributed by atoms with van der Waals surface area (Å²) < 4.78 is 0. The molecule has 0 bridgehead atoms. The first kappa shape index (κ1) is 10.3. The topological polar surface area (TPSA) is 92.9 Å². The van der Waals surface area contributed by atoms with Crippen molar-refractivity contribution in [3.63, 3.8) is 0 Å². The van der Waals surface area contributed by atoms with Crippen molar-refractivity contribution in [2.75, 3.05) is 5.73 Å². The monoisotopic (exact) mass is 209 g/mol. The minimum atomic E-state index is -0.546. The molecule has 2 N–H and O–H groups in total. The molecule has 1 rings (SSSR count). The average Bonchev–Trinajstić information content (AvgIpc) is 2.11. The SMILES string of the molecule is Cc1cc(SC#N)c([N+](=O)[O-])cc1N. The number of nitrogens with zero attached hydrogens (tertiary/aromatic N) is 2. The van der Waals surface area contributed by atoms with Crippen molar-refractivity contribution in [3.8, 4) is 5.40 Å². The van der Waals surface area contributed by atoms with Crippen LogP contribution in [-0.4, -0.2) is 4.92 Å². The molecule has 0 spiro atoms. The number of nitriles is 1. The zero-order chi connectivity index (χ0) is 10.7. The van der Waals surface area contributed by atoms with Crippen molar-refractivity contribution in [3.05, 3.63) is 27.8 Å². The van der Waals surface area contributed by atoms with Crippen LogP contribution in [-0.2, 0) is 0 Å². The van der Waals surface area contributed by atoms with Crippen LogP contribution in [0, 0.1) is 27.7 Å². The maximum Gasteiger partial charge on any atom is 0.286 e. The van der Waals surface area contributed by atoms with Gasteiger partial charge in [-0.25, -0.2) is 0 Å². The molecule has 0 aromatic heterocycles. The molecule has 0 unspecified atom stereocenters. The summed E-state index contributed by atoms with van der Waals surface area (Å²) >= 11 is 0.761. The highest BCUT2D eigenvalue weighted by atomic mass is 32.2. The molecule has 0 radical (unpaired) electrons. The van der Waals surface area contributed by atoms with Gasteiger partial charge < -0.3 is 5.73 Å². The molecular weight excluding hydrogens is 202 g/mol. The van der Waals surface area contributed by atoms with Crippen LogP contribution in [0.4, 0.5) is 11.4 Å². The van der Waals surface area contributed by atoms with E-state index in [2.05, 4.69) is 0 Å². The van der Waals surface area contributed by atoms with E-state index < -0.39 is 4.92 Å². The summed E-state index contributed by atoms with van der Waals surface area (Å²) in [6.45, 7) is 1.74. The van der Waals surface area contributed by atoms with E-state index in [9.17, 15) is 10.1 Å². The van der Waals surface area contributed by atoms with E-state index >= 15 is 0 Å². The normalized spacial score (nSPS) is 9.43. The number of thioether (sulfide) groups is 1. The fourth-order valence-corrected chi connectivity index (χ4v) is 1.53. The minimum absolute atomic E-state index is 0.125. The number of rotatable bonds is 2. The molecule has 5 nitrogen and oxygen atoms in total. The summed E-state index contributed by atoms with van der Waals surface area (Å²) in [4.78, 5) is 10.4. The van der Waals surface area contributed by atoms with Crippen molar-refractivity contribution in [1.82, 2.24) is 0 Å². The first-order valence-electron chi connectivity index (χ1n) is 3.66. The summed E-state index contributed by atoms with van der Waals surface area (Å²) in [5, 5.41) is 20.8. The van der Waals surface area contributed by atoms with Gasteiger partial charge in [-0.15, -0.1) is 0 Å². The number of nitro groups is 1. The number of hydrogen-bond donors (Lipinski definition) is 1. The van der Waals surface area contributed by atoms with Crippen LogP contribution >= 0.6 is 11.8 Å². The standard InChI is InChI=1S/C8H7N3O2S/c1-5-2-8(14-4-9)7(11(12)13)3-6(5)10/h2-3H,10H2,1H3. The lowest BCUT2D eigenvalue weighted by Gasteiger charge is -2.02. The van der Waals surface area contributed by atoms with Crippen LogP contribution in [0.5, 0.6) is 0 Å². The van der Waals surface area contributed by atoms with Gasteiger partial charge in [0.15, 0.2) is 0 Å². The van der Waals surface area contributed by atoms with Gasteiger partial charge in [0.05, 0.1) is 4.92 Å². The van der Waals surface area contributed by atoms with E-state index in [1.807, 2.05) is 0 Å². The third-order valence-corrected chi connectivity index (χ3v) is 2.34. The largest absolute Gasteiger partial charge is 0.398 e. The Labute approximate surface area is 84.7 Å². The molecule has 1 aromatic rings. The second kappa shape index (κ2) is 3.98. The molecule has 0 heterocycles. The number of aryl methyl sites for hydroxylation is 1. The van der Waals surface area contributed by atoms with Crippen molar-refractivity contribution in [2.24, 2.45) is 0 Å². The van der Waals surface area contributed by atoms with Crippen LogP contribution < -0.4 is 5.73 Å². The van der Waals surface area contributed by atoms with Crippen molar-refractivity contribution in [1.29, 1.82) is 5.26 Å². The van der Waals surface area contributed by atoms with Crippen molar-refractivity contribution in [2.45, 2.75) is 11.8 Å². The lowest BCUT2D eigenvalue weighted by molar-refractivity contribution is -0.387. The van der Waals surface area contributed by atoms with Gasteiger partial charge in [-0.1, -0.05) is 0 Å². The predicted octanol–water partition coefficient (Wildman–Crippen LogP) is 2.06. The zero-order valence-corrected chi connectivity index (χ0v) is 8.17. The molecule has 14 heavy (non-hydrogen) atoms. The Hall–Kier alpha value is -1.74. The second-order valence-corrected chi connectivity index (χ2v) is 3.45. The average molecular weight is 209 g/mol. The maximum absolute atomic E-state index is 10.6. The van der Waals surface area contributed by atoms with E-state index in [4.69, 9.17) is 11.0 Å². The molecule has 72 valence electrons. The molecular formula is C8H7N3O2S. The molecule has 0 saturated carbocycles. The summed E-state index contributed by atoms with van der Waals surface area (Å²) in [6, 6.07) is 2.82. The van der Waals surface area contributed by atoms with Crippen LogP contribution in [0.1, 0.15) is 5.56 Å². The Morgan fingerprint density at radius 3 is 2.79 bits per heavy atom. The predicted molar refractivity (Wildman–Crippen MR) is 53.7 cm³/mol. The van der Waals surface area contributed by atoms with Crippen LogP contribution in [0.2, 0.25) is 0 Å². The Bertz CT molecular complexity index is 425. The van der Waals surface area contributed by atoms with Gasteiger partial charge in [-0.3, -0.25) is 10.1 Å². The second-order valence-electron chi connectivity index (χ2n) is 2.63. The summed E-state index contributed by atoms with van der Waals surface area (Å²) in [7, 11) is 0. The smallest absolute Gasteiger partial charge is 0.286 e. The molecule has 0 atom stereocenters. The van der Waals surface area contributed by atoms with Gasteiger partial charge in [0, 0.05) is 11.8 Å².